The molecule has 1 aromatic heterocycles. The van der Waals surface area contributed by atoms with E-state index in [1.807, 2.05) is 0 Å². The lowest BCUT2D eigenvalue weighted by Crippen LogP contribution is -2.29. The highest BCUT2D eigenvalue weighted by Gasteiger charge is 2.25. The number of aromatic nitrogens is 1. The van der Waals surface area contributed by atoms with E-state index in [1.54, 1.807) is 25.3 Å². The van der Waals surface area contributed by atoms with Gasteiger partial charge in [0.25, 0.3) is 0 Å². The first-order valence-electron chi connectivity index (χ1n) is 6.15. The Morgan fingerprint density at radius 1 is 1.39 bits per heavy atom. The lowest BCUT2D eigenvalue weighted by molar-refractivity contribution is -0.0153. The maximum Gasteiger partial charge on any atom is 0.357 e. The predicted molar refractivity (Wildman–Crippen MR) is 67.1 cm³/mol. The molecular formula is C13H18N2O3. The zero-order chi connectivity index (χ0) is 13.0. The maximum absolute atomic E-state index is 11.9. The van der Waals surface area contributed by atoms with Gasteiger partial charge in [-0.3, -0.25) is 0 Å². The number of hydrogen-bond donors (Lipinski definition) is 1. The van der Waals surface area contributed by atoms with Crippen LogP contribution in [-0.2, 0) is 9.47 Å². The molecule has 2 unspecified atom stereocenters. The van der Waals surface area contributed by atoms with Gasteiger partial charge in [-0.25, -0.2) is 9.78 Å². The minimum Gasteiger partial charge on any atom is -0.458 e. The third-order valence-electron chi connectivity index (χ3n) is 3.16. The SMILES string of the molecule is COC1CCCC(OC(=O)c2cccc(N)n2)C1. The number of anilines is 1. The Bertz CT molecular complexity index is 422. The molecule has 1 aliphatic rings. The van der Waals surface area contributed by atoms with Crippen LogP contribution in [0.25, 0.3) is 0 Å². The quantitative estimate of drug-likeness (QED) is 0.828. The minimum atomic E-state index is -0.413. The Hall–Kier alpha value is -1.62. The van der Waals surface area contributed by atoms with Gasteiger partial charge in [0.2, 0.25) is 0 Å². The van der Waals surface area contributed by atoms with Crippen LogP contribution in [0.15, 0.2) is 18.2 Å². The highest BCUT2D eigenvalue weighted by Crippen LogP contribution is 2.23. The molecule has 0 aromatic carbocycles. The highest BCUT2D eigenvalue weighted by atomic mass is 16.5. The molecule has 5 nitrogen and oxygen atoms in total. The van der Waals surface area contributed by atoms with Crippen molar-refractivity contribution in [3.05, 3.63) is 23.9 Å². The van der Waals surface area contributed by atoms with Gasteiger partial charge in [0, 0.05) is 13.5 Å². The van der Waals surface area contributed by atoms with Crippen molar-refractivity contribution in [2.75, 3.05) is 12.8 Å². The third kappa shape index (κ3) is 3.20. The average Bonchev–Trinajstić information content (AvgIpc) is 2.39. The molecule has 0 aliphatic heterocycles. The van der Waals surface area contributed by atoms with Crippen LogP contribution in [0.4, 0.5) is 5.82 Å². The normalized spacial score (nSPS) is 23.6. The lowest BCUT2D eigenvalue weighted by atomic mass is 9.95. The van der Waals surface area contributed by atoms with E-state index in [-0.39, 0.29) is 17.9 Å². The Kier molecular flexibility index (Phi) is 4.15. The molecule has 1 fully saturated rings. The number of pyridine rings is 1. The van der Waals surface area contributed by atoms with E-state index in [0.29, 0.717) is 5.82 Å². The van der Waals surface area contributed by atoms with Crippen LogP contribution in [0.1, 0.15) is 36.2 Å². The molecule has 1 aliphatic carbocycles. The van der Waals surface area contributed by atoms with Crippen LogP contribution >= 0.6 is 0 Å². The van der Waals surface area contributed by atoms with Crippen LogP contribution in [0.3, 0.4) is 0 Å². The van der Waals surface area contributed by atoms with Gasteiger partial charge in [-0.05, 0) is 31.4 Å². The van der Waals surface area contributed by atoms with Gasteiger partial charge >= 0.3 is 5.97 Å². The van der Waals surface area contributed by atoms with Crippen molar-refractivity contribution >= 4 is 11.8 Å². The van der Waals surface area contributed by atoms with Crippen molar-refractivity contribution in [2.45, 2.75) is 37.9 Å². The van der Waals surface area contributed by atoms with Crippen molar-refractivity contribution in [3.63, 3.8) is 0 Å². The fourth-order valence-corrected chi connectivity index (χ4v) is 2.20. The van der Waals surface area contributed by atoms with Crippen molar-refractivity contribution in [2.24, 2.45) is 0 Å². The smallest absolute Gasteiger partial charge is 0.357 e. The fourth-order valence-electron chi connectivity index (χ4n) is 2.20. The predicted octanol–water partition coefficient (Wildman–Crippen LogP) is 1.78. The zero-order valence-electron chi connectivity index (χ0n) is 10.5. The average molecular weight is 250 g/mol. The number of carbonyl (C=O) groups is 1. The number of nitrogens with two attached hydrogens (primary N) is 1. The second kappa shape index (κ2) is 5.82. The molecule has 2 N–H and O–H groups in total. The summed E-state index contributed by atoms with van der Waals surface area (Å²) in [5.74, 6) is -0.0908. The summed E-state index contributed by atoms with van der Waals surface area (Å²) < 4.78 is 10.7. The Morgan fingerprint density at radius 2 is 2.17 bits per heavy atom. The number of nitrogens with zero attached hydrogens (tertiary/aromatic N) is 1. The van der Waals surface area contributed by atoms with Gasteiger partial charge in [-0.2, -0.15) is 0 Å². The van der Waals surface area contributed by atoms with E-state index in [9.17, 15) is 4.79 Å². The van der Waals surface area contributed by atoms with E-state index in [0.717, 1.165) is 25.7 Å². The fraction of sp³-hybridized carbons (Fsp3) is 0.538. The van der Waals surface area contributed by atoms with Gasteiger partial charge in [0.15, 0.2) is 5.69 Å². The van der Waals surface area contributed by atoms with Gasteiger partial charge in [-0.1, -0.05) is 6.07 Å². The van der Waals surface area contributed by atoms with Crippen LogP contribution in [0.5, 0.6) is 0 Å². The number of hydrogen-bond acceptors (Lipinski definition) is 5. The first-order valence-corrected chi connectivity index (χ1v) is 6.15. The van der Waals surface area contributed by atoms with Gasteiger partial charge in [0.05, 0.1) is 6.10 Å². The molecule has 2 rings (SSSR count). The molecule has 18 heavy (non-hydrogen) atoms. The van der Waals surface area contributed by atoms with E-state index in [4.69, 9.17) is 15.2 Å². The molecule has 98 valence electrons. The summed E-state index contributed by atoms with van der Waals surface area (Å²) in [6.45, 7) is 0. The van der Waals surface area contributed by atoms with Gasteiger partial charge < -0.3 is 15.2 Å². The zero-order valence-corrected chi connectivity index (χ0v) is 10.5. The Balaban J connectivity index is 1.95. The highest BCUT2D eigenvalue weighted by molar-refractivity contribution is 5.87. The van der Waals surface area contributed by atoms with E-state index in [2.05, 4.69) is 4.98 Å². The molecular weight excluding hydrogens is 232 g/mol. The lowest BCUT2D eigenvalue weighted by Gasteiger charge is -2.27. The van der Waals surface area contributed by atoms with Crippen molar-refractivity contribution in [3.8, 4) is 0 Å². The molecule has 5 heteroatoms. The third-order valence-corrected chi connectivity index (χ3v) is 3.16. The summed E-state index contributed by atoms with van der Waals surface area (Å²) in [6.07, 6.45) is 3.78. The number of nitrogen functional groups attached to an aromatic ring is 1. The van der Waals surface area contributed by atoms with E-state index >= 15 is 0 Å². The van der Waals surface area contributed by atoms with Gasteiger partial charge in [-0.15, -0.1) is 0 Å². The topological polar surface area (TPSA) is 74.4 Å². The van der Waals surface area contributed by atoms with Crippen molar-refractivity contribution in [1.82, 2.24) is 4.98 Å². The number of esters is 1. The molecule has 1 saturated carbocycles. The van der Waals surface area contributed by atoms with Crippen molar-refractivity contribution < 1.29 is 14.3 Å². The number of carbonyl (C=O) groups excluding carboxylic acids is 1. The summed E-state index contributed by atoms with van der Waals surface area (Å²) in [6, 6.07) is 4.94. The van der Waals surface area contributed by atoms with E-state index in [1.165, 1.54) is 0 Å². The molecule has 0 amide bonds. The van der Waals surface area contributed by atoms with Crippen LogP contribution in [0.2, 0.25) is 0 Å². The Morgan fingerprint density at radius 3 is 2.89 bits per heavy atom. The second-order valence-corrected chi connectivity index (χ2v) is 4.50. The molecule has 0 spiro atoms. The molecule has 0 bridgehead atoms. The largest absolute Gasteiger partial charge is 0.458 e. The second-order valence-electron chi connectivity index (χ2n) is 4.50. The van der Waals surface area contributed by atoms with Crippen LogP contribution in [0, 0.1) is 0 Å². The monoisotopic (exact) mass is 250 g/mol. The van der Waals surface area contributed by atoms with Crippen molar-refractivity contribution in [1.29, 1.82) is 0 Å². The maximum atomic E-state index is 11.9. The minimum absolute atomic E-state index is 0.0839. The molecule has 0 saturated heterocycles. The Labute approximate surface area is 106 Å². The van der Waals surface area contributed by atoms with Crippen LogP contribution < -0.4 is 5.73 Å². The summed E-state index contributed by atoms with van der Waals surface area (Å²) in [5.41, 5.74) is 5.79. The summed E-state index contributed by atoms with van der Waals surface area (Å²) >= 11 is 0. The number of rotatable bonds is 3. The first-order chi connectivity index (χ1) is 8.69. The summed E-state index contributed by atoms with van der Waals surface area (Å²) in [5, 5.41) is 0. The summed E-state index contributed by atoms with van der Waals surface area (Å²) in [7, 11) is 1.69. The van der Waals surface area contributed by atoms with Crippen LogP contribution in [-0.4, -0.2) is 30.3 Å². The van der Waals surface area contributed by atoms with Gasteiger partial charge in [0.1, 0.15) is 11.9 Å². The molecule has 0 radical (unpaired) electrons. The standard InChI is InChI=1S/C13H18N2O3/c1-17-9-4-2-5-10(8-9)18-13(16)11-6-3-7-12(14)15-11/h3,6-7,9-10H,2,4-5,8H2,1H3,(H2,14,15). The number of methoxy groups -OCH3 is 1. The first kappa shape index (κ1) is 12.8. The number of ether oxygens (including phenoxy) is 2. The molecule has 2 atom stereocenters. The summed E-state index contributed by atoms with van der Waals surface area (Å²) in [4.78, 5) is 15.8. The van der Waals surface area contributed by atoms with E-state index < -0.39 is 5.97 Å². The molecule has 1 heterocycles. The molecule has 1 aromatic rings.